The van der Waals surface area contributed by atoms with Crippen LogP contribution in [-0.2, 0) is 12.4 Å². The third-order valence-corrected chi connectivity index (χ3v) is 9.10. The Balaban J connectivity index is 1.50. The molecule has 6 N–H and O–H groups in total. The third-order valence-electron chi connectivity index (χ3n) is 9.10. The summed E-state index contributed by atoms with van der Waals surface area (Å²) in [5.74, 6) is -5.02. The smallest absolute Gasteiger partial charge is 0.416 e. The lowest BCUT2D eigenvalue weighted by molar-refractivity contribution is -0.138. The Bertz CT molecular complexity index is 2520. The summed E-state index contributed by atoms with van der Waals surface area (Å²) in [6, 6.07) is 17.5. The van der Waals surface area contributed by atoms with Crippen LogP contribution in [-0.4, -0.2) is 74.0 Å². The summed E-state index contributed by atoms with van der Waals surface area (Å²) in [6.45, 7) is 0.594. The molecule has 0 saturated heterocycles. The van der Waals surface area contributed by atoms with Gasteiger partial charge in [-0.25, -0.2) is 9.97 Å². The van der Waals surface area contributed by atoms with Gasteiger partial charge in [-0.05, 0) is 101 Å². The molecule has 0 aliphatic rings. The molecule has 5 rings (SSSR count). The maximum absolute atomic E-state index is 14.3. The van der Waals surface area contributed by atoms with Gasteiger partial charge in [0.25, 0.3) is 23.6 Å². The molecule has 1 heterocycles. The second kappa shape index (κ2) is 22.0. The minimum absolute atomic E-state index is 0.0779. The van der Waals surface area contributed by atoms with Crippen LogP contribution < -0.4 is 41.4 Å². The molecule has 66 heavy (non-hydrogen) atoms. The van der Waals surface area contributed by atoms with Gasteiger partial charge in [-0.2, -0.15) is 36.9 Å². The Morgan fingerprint density at radius 2 is 0.924 bits per heavy atom. The molecule has 5 aromatic rings. The van der Waals surface area contributed by atoms with Gasteiger partial charge in [0.05, 0.1) is 70.4 Å². The Hall–Kier alpha value is -8.08. The highest BCUT2D eigenvalue weighted by atomic mass is 19.4. The summed E-state index contributed by atoms with van der Waals surface area (Å²) < 4.78 is 97.5. The number of nitrogens with zero attached hydrogens (tertiary/aromatic N) is 4. The molecule has 4 aromatic carbocycles. The summed E-state index contributed by atoms with van der Waals surface area (Å²) in [6.07, 6.45) is -8.64. The Morgan fingerprint density at radius 1 is 0.561 bits per heavy atom. The van der Waals surface area contributed by atoms with Crippen molar-refractivity contribution in [2.75, 3.05) is 61.7 Å². The van der Waals surface area contributed by atoms with Gasteiger partial charge >= 0.3 is 12.4 Å². The maximum atomic E-state index is 14.3. The predicted octanol–water partition coefficient (Wildman–Crippen LogP) is 7.24. The van der Waals surface area contributed by atoms with Crippen molar-refractivity contribution in [3.05, 3.63) is 130 Å². The fourth-order valence-corrected chi connectivity index (χ4v) is 5.94. The number of hydrogen-bond donors (Lipinski definition) is 6. The molecule has 0 aliphatic heterocycles. The van der Waals surface area contributed by atoms with E-state index in [0.29, 0.717) is 50.2 Å². The number of alkyl halides is 6. The molecule has 1 aromatic heterocycles. The number of ether oxygens (including phenoxy) is 2. The van der Waals surface area contributed by atoms with E-state index in [1.165, 1.54) is 48.5 Å². The molecule has 0 saturated carbocycles. The first kappa shape index (κ1) is 48.9. The van der Waals surface area contributed by atoms with E-state index in [-0.39, 0.29) is 35.5 Å². The summed E-state index contributed by atoms with van der Waals surface area (Å²) in [4.78, 5) is 61.7. The highest BCUT2D eigenvalue weighted by Crippen LogP contribution is 2.43. The number of carbonyl (C=O) groups is 4. The zero-order chi connectivity index (χ0) is 48.0. The number of amides is 4. The predicted molar refractivity (Wildman–Crippen MR) is 227 cm³/mol. The lowest BCUT2D eigenvalue weighted by Crippen LogP contribution is -2.21. The van der Waals surface area contributed by atoms with Crippen LogP contribution in [0.4, 0.5) is 49.1 Å². The van der Waals surface area contributed by atoms with E-state index in [1.807, 2.05) is 12.1 Å². The number of anilines is 4. The van der Waals surface area contributed by atoms with Crippen molar-refractivity contribution in [1.29, 1.82) is 10.5 Å². The van der Waals surface area contributed by atoms with Crippen molar-refractivity contribution in [1.82, 2.24) is 20.6 Å². The molecule has 0 spiro atoms. The molecule has 4 amide bonds. The molecule has 0 fully saturated rings. The van der Waals surface area contributed by atoms with Gasteiger partial charge in [0, 0.05) is 17.2 Å². The van der Waals surface area contributed by atoms with Crippen molar-refractivity contribution >= 4 is 46.4 Å². The van der Waals surface area contributed by atoms with Gasteiger partial charge in [0.15, 0.2) is 11.5 Å². The van der Waals surface area contributed by atoms with E-state index < -0.39 is 92.7 Å². The fraction of sp³-hybridized carbons (Fsp3) is 0.227. The van der Waals surface area contributed by atoms with Gasteiger partial charge < -0.3 is 41.4 Å². The van der Waals surface area contributed by atoms with Crippen LogP contribution in [0.25, 0.3) is 0 Å². The first-order chi connectivity index (χ1) is 31.4. The number of rotatable bonds is 18. The highest BCUT2D eigenvalue weighted by molar-refractivity contribution is 6.10. The topological polar surface area (TPSA) is 232 Å². The molecular formula is C44H38F6N10O6. The van der Waals surface area contributed by atoms with E-state index in [1.54, 1.807) is 14.1 Å². The van der Waals surface area contributed by atoms with Gasteiger partial charge in [-0.3, -0.25) is 19.2 Å². The summed E-state index contributed by atoms with van der Waals surface area (Å²) in [5, 5.41) is 33.6. The number of nitrogens with one attached hydrogen (secondary N) is 6. The van der Waals surface area contributed by atoms with Crippen molar-refractivity contribution in [3.63, 3.8) is 0 Å². The molecule has 0 radical (unpaired) electrons. The average molecular weight is 917 g/mol. The summed E-state index contributed by atoms with van der Waals surface area (Å²) >= 11 is 0. The Labute approximate surface area is 372 Å². The maximum Gasteiger partial charge on any atom is 0.416 e. The number of nitriles is 2. The molecule has 16 nitrogen and oxygen atoms in total. The minimum atomic E-state index is -5.02. The Kier molecular flexibility index (Phi) is 16.3. The van der Waals surface area contributed by atoms with Crippen molar-refractivity contribution in [3.8, 4) is 23.6 Å². The molecule has 22 heteroatoms. The number of hydrogen-bond acceptors (Lipinski definition) is 12. The first-order valence-corrected chi connectivity index (χ1v) is 19.6. The normalized spacial score (nSPS) is 11.1. The third kappa shape index (κ3) is 13.0. The van der Waals surface area contributed by atoms with Crippen LogP contribution in [0.15, 0.2) is 85.2 Å². The van der Waals surface area contributed by atoms with E-state index in [9.17, 15) is 56.0 Å². The zero-order valence-electron chi connectivity index (χ0n) is 34.8. The Morgan fingerprint density at radius 3 is 1.26 bits per heavy atom. The molecule has 0 aliphatic carbocycles. The SMILES string of the molecule is CNCCCOc1c(NC(=O)c2cccc(C#N)c2)cc(C(F)(F)F)cc1NC(=O)c1cc(C(=O)Nc2cc(C(F)(F)F)cc(NC(=O)c3cccc(C#N)c3)c2OCCCNC)ncn1. The van der Waals surface area contributed by atoms with E-state index in [0.717, 1.165) is 12.4 Å². The standard InChI is InChI=1S/C44H38F6N10O6/c1-53-11-5-13-65-37-31(57-39(61)27-9-3-7-25(15-27)22-51)17-29(43(45,46)47)19-33(37)59-41(63)35-21-36(56-24-55-35)42(64)60-34-20-30(44(48,49)50)18-32(38(34)66-14-6-12-54-2)58-40(62)28-10-4-8-26(16-28)23-52/h3-4,7-10,15-21,24,53-54H,5-6,11-14H2,1-2H3,(H,57,61)(H,58,62)(H,59,63)(H,60,64). The molecule has 0 bridgehead atoms. The molecular weight excluding hydrogens is 879 g/mol. The summed E-state index contributed by atoms with van der Waals surface area (Å²) in [5.41, 5.74) is -5.98. The molecule has 0 unspecified atom stereocenters. The van der Waals surface area contributed by atoms with Gasteiger partial charge in [-0.1, -0.05) is 12.1 Å². The molecule has 342 valence electrons. The highest BCUT2D eigenvalue weighted by Gasteiger charge is 2.35. The number of benzene rings is 4. The number of carbonyl (C=O) groups excluding carboxylic acids is 4. The van der Waals surface area contributed by atoms with E-state index in [4.69, 9.17) is 9.47 Å². The van der Waals surface area contributed by atoms with E-state index >= 15 is 0 Å². The zero-order valence-corrected chi connectivity index (χ0v) is 34.8. The van der Waals surface area contributed by atoms with Crippen LogP contribution >= 0.6 is 0 Å². The fourth-order valence-electron chi connectivity index (χ4n) is 5.94. The summed E-state index contributed by atoms with van der Waals surface area (Å²) in [7, 11) is 3.30. The van der Waals surface area contributed by atoms with Crippen molar-refractivity contribution in [2.24, 2.45) is 0 Å². The van der Waals surface area contributed by atoms with E-state index in [2.05, 4.69) is 41.9 Å². The number of aromatic nitrogens is 2. The first-order valence-electron chi connectivity index (χ1n) is 19.6. The monoisotopic (exact) mass is 916 g/mol. The van der Waals surface area contributed by atoms with Gasteiger partial charge in [-0.15, -0.1) is 0 Å². The van der Waals surface area contributed by atoms with Crippen LogP contribution in [0.2, 0.25) is 0 Å². The van der Waals surface area contributed by atoms with Crippen molar-refractivity contribution < 1.29 is 55.0 Å². The second-order valence-electron chi connectivity index (χ2n) is 13.9. The largest absolute Gasteiger partial charge is 0.489 e. The van der Waals surface area contributed by atoms with Crippen LogP contribution in [0.1, 0.15) is 76.8 Å². The van der Waals surface area contributed by atoms with Crippen molar-refractivity contribution in [2.45, 2.75) is 25.2 Å². The molecule has 0 atom stereocenters. The minimum Gasteiger partial charge on any atom is -0.489 e. The second-order valence-corrected chi connectivity index (χ2v) is 13.9. The van der Waals surface area contributed by atoms with Gasteiger partial charge in [0.2, 0.25) is 0 Å². The lowest BCUT2D eigenvalue weighted by atomic mass is 10.1. The van der Waals surface area contributed by atoms with Crippen LogP contribution in [0.5, 0.6) is 11.5 Å². The lowest BCUT2D eigenvalue weighted by Gasteiger charge is -2.20. The number of halogens is 6. The average Bonchev–Trinajstić information content (AvgIpc) is 3.29. The van der Waals surface area contributed by atoms with Crippen LogP contribution in [0, 0.1) is 22.7 Å². The van der Waals surface area contributed by atoms with Crippen LogP contribution in [0.3, 0.4) is 0 Å². The van der Waals surface area contributed by atoms with Gasteiger partial charge in [0.1, 0.15) is 17.7 Å². The quantitative estimate of drug-likeness (QED) is 0.0377.